The Balaban J connectivity index is 1.56. The molecule has 4 rings (SSSR count). The van der Waals surface area contributed by atoms with Crippen molar-refractivity contribution in [2.45, 2.75) is 5.16 Å². The molecule has 0 bridgehead atoms. The highest BCUT2D eigenvalue weighted by atomic mass is 35.5. The topological polar surface area (TPSA) is 46.9 Å². The SMILES string of the molecule is O=C(CSc1nc(-c2ccccc2)cn1-c1ccccc1)Nc1ccccc1Cl. The largest absolute Gasteiger partial charge is 0.324 e. The maximum absolute atomic E-state index is 12.4. The number of para-hydroxylation sites is 2. The predicted octanol–water partition coefficient (Wildman–Crippen LogP) is 5.92. The van der Waals surface area contributed by atoms with Crippen LogP contribution < -0.4 is 5.32 Å². The molecule has 0 saturated carbocycles. The third kappa shape index (κ3) is 4.70. The van der Waals surface area contributed by atoms with Crippen LogP contribution in [0.25, 0.3) is 16.9 Å². The Kier molecular flexibility index (Phi) is 5.98. The summed E-state index contributed by atoms with van der Waals surface area (Å²) in [6.45, 7) is 0. The molecule has 1 N–H and O–H groups in total. The first kappa shape index (κ1) is 19.3. The van der Waals surface area contributed by atoms with E-state index in [1.807, 2.05) is 83.6 Å². The van der Waals surface area contributed by atoms with Gasteiger partial charge in [-0.2, -0.15) is 0 Å². The van der Waals surface area contributed by atoms with Crippen LogP contribution in [-0.4, -0.2) is 21.2 Å². The number of rotatable bonds is 6. The molecule has 1 heterocycles. The lowest BCUT2D eigenvalue weighted by Crippen LogP contribution is -2.14. The molecule has 0 aliphatic rings. The van der Waals surface area contributed by atoms with E-state index in [0.29, 0.717) is 10.7 Å². The third-order valence-electron chi connectivity index (χ3n) is 4.26. The number of imidazole rings is 1. The fourth-order valence-corrected chi connectivity index (χ4v) is 3.84. The minimum Gasteiger partial charge on any atom is -0.324 e. The molecule has 3 aromatic carbocycles. The third-order valence-corrected chi connectivity index (χ3v) is 5.54. The van der Waals surface area contributed by atoms with Crippen molar-refractivity contribution in [3.05, 3.63) is 96.1 Å². The van der Waals surface area contributed by atoms with Crippen molar-refractivity contribution in [3.8, 4) is 16.9 Å². The van der Waals surface area contributed by atoms with Crippen LogP contribution in [0.3, 0.4) is 0 Å². The molecule has 0 unspecified atom stereocenters. The van der Waals surface area contributed by atoms with E-state index >= 15 is 0 Å². The second-order valence-electron chi connectivity index (χ2n) is 6.30. The van der Waals surface area contributed by atoms with E-state index in [1.54, 1.807) is 12.1 Å². The van der Waals surface area contributed by atoms with Crippen LogP contribution in [0.15, 0.2) is 96.3 Å². The van der Waals surface area contributed by atoms with E-state index in [0.717, 1.165) is 22.1 Å². The van der Waals surface area contributed by atoms with Gasteiger partial charge in [0.2, 0.25) is 5.91 Å². The highest BCUT2D eigenvalue weighted by Crippen LogP contribution is 2.28. The molecule has 4 nitrogen and oxygen atoms in total. The summed E-state index contributed by atoms with van der Waals surface area (Å²) in [6, 6.07) is 27.2. The molecule has 1 amide bonds. The minimum atomic E-state index is -0.132. The number of carbonyl (C=O) groups excluding carboxylic acids is 1. The van der Waals surface area contributed by atoms with Gasteiger partial charge in [0.05, 0.1) is 22.2 Å². The van der Waals surface area contributed by atoms with Gasteiger partial charge in [-0.1, -0.05) is 84.0 Å². The van der Waals surface area contributed by atoms with Crippen LogP contribution >= 0.6 is 23.4 Å². The number of amides is 1. The molecular weight excluding hydrogens is 402 g/mol. The molecule has 1 aromatic heterocycles. The number of hydrogen-bond acceptors (Lipinski definition) is 3. The number of hydrogen-bond donors (Lipinski definition) is 1. The first-order valence-corrected chi connectivity index (χ1v) is 10.4. The Morgan fingerprint density at radius 2 is 1.59 bits per heavy atom. The first-order valence-electron chi connectivity index (χ1n) is 9.08. The van der Waals surface area contributed by atoms with Crippen LogP contribution in [0.4, 0.5) is 5.69 Å². The number of nitrogens with zero attached hydrogens (tertiary/aromatic N) is 2. The highest BCUT2D eigenvalue weighted by Gasteiger charge is 2.14. The molecule has 0 fully saturated rings. The van der Waals surface area contributed by atoms with Crippen LogP contribution in [0.5, 0.6) is 0 Å². The predicted molar refractivity (Wildman–Crippen MR) is 120 cm³/mol. The van der Waals surface area contributed by atoms with Gasteiger partial charge in [0.1, 0.15) is 0 Å². The van der Waals surface area contributed by atoms with Crippen LogP contribution in [0.1, 0.15) is 0 Å². The van der Waals surface area contributed by atoms with E-state index < -0.39 is 0 Å². The van der Waals surface area contributed by atoms with Gasteiger partial charge in [-0.15, -0.1) is 0 Å². The van der Waals surface area contributed by atoms with E-state index in [4.69, 9.17) is 16.6 Å². The van der Waals surface area contributed by atoms with E-state index in [2.05, 4.69) is 5.32 Å². The summed E-state index contributed by atoms with van der Waals surface area (Å²) in [4.78, 5) is 17.2. The van der Waals surface area contributed by atoms with Gasteiger partial charge >= 0.3 is 0 Å². The molecule has 0 saturated heterocycles. The van der Waals surface area contributed by atoms with Crippen LogP contribution in [0.2, 0.25) is 5.02 Å². The second-order valence-corrected chi connectivity index (χ2v) is 7.65. The molecular formula is C23H18ClN3OS. The zero-order valence-corrected chi connectivity index (χ0v) is 17.0. The van der Waals surface area contributed by atoms with Gasteiger partial charge in [-0.05, 0) is 24.3 Å². The molecule has 0 radical (unpaired) electrons. The Bertz CT molecular complexity index is 1110. The van der Waals surface area contributed by atoms with E-state index in [-0.39, 0.29) is 11.7 Å². The molecule has 0 aliphatic heterocycles. The molecule has 4 aromatic rings. The van der Waals surface area contributed by atoms with Crippen molar-refractivity contribution in [3.63, 3.8) is 0 Å². The summed E-state index contributed by atoms with van der Waals surface area (Å²) in [5.74, 6) is 0.0931. The number of anilines is 1. The Labute approximate surface area is 178 Å². The number of carbonyl (C=O) groups is 1. The average molecular weight is 420 g/mol. The number of aromatic nitrogens is 2. The van der Waals surface area contributed by atoms with Gasteiger partial charge < -0.3 is 5.32 Å². The smallest absolute Gasteiger partial charge is 0.234 e. The number of halogens is 1. The standard InChI is InChI=1S/C23H18ClN3OS/c24-19-13-7-8-14-20(19)25-22(28)16-29-23-26-21(17-9-3-1-4-10-17)15-27(23)18-11-5-2-6-12-18/h1-15H,16H2,(H,25,28). The summed E-state index contributed by atoms with van der Waals surface area (Å²) in [7, 11) is 0. The Morgan fingerprint density at radius 3 is 2.31 bits per heavy atom. The monoisotopic (exact) mass is 419 g/mol. The normalized spacial score (nSPS) is 10.7. The molecule has 0 atom stereocenters. The Morgan fingerprint density at radius 1 is 0.931 bits per heavy atom. The molecule has 0 aliphatic carbocycles. The maximum Gasteiger partial charge on any atom is 0.234 e. The van der Waals surface area contributed by atoms with Gasteiger partial charge in [0.25, 0.3) is 0 Å². The van der Waals surface area contributed by atoms with E-state index in [1.165, 1.54) is 11.8 Å². The van der Waals surface area contributed by atoms with Gasteiger partial charge in [-0.3, -0.25) is 9.36 Å². The van der Waals surface area contributed by atoms with Crippen molar-refractivity contribution in [1.29, 1.82) is 0 Å². The Hall–Kier alpha value is -3.02. The van der Waals surface area contributed by atoms with Crippen molar-refractivity contribution >= 4 is 35.0 Å². The van der Waals surface area contributed by atoms with Crippen molar-refractivity contribution in [1.82, 2.24) is 9.55 Å². The fraction of sp³-hybridized carbons (Fsp3) is 0.0435. The van der Waals surface area contributed by atoms with Gasteiger partial charge in [0.15, 0.2) is 5.16 Å². The minimum absolute atomic E-state index is 0.132. The zero-order chi connectivity index (χ0) is 20.1. The lowest BCUT2D eigenvalue weighted by molar-refractivity contribution is -0.113. The van der Waals surface area contributed by atoms with Crippen molar-refractivity contribution in [2.75, 3.05) is 11.1 Å². The lowest BCUT2D eigenvalue weighted by atomic mass is 10.2. The van der Waals surface area contributed by atoms with Gasteiger partial charge in [0, 0.05) is 17.4 Å². The average Bonchev–Trinajstić information content (AvgIpc) is 3.20. The highest BCUT2D eigenvalue weighted by molar-refractivity contribution is 7.99. The number of nitrogens with one attached hydrogen (secondary N) is 1. The molecule has 29 heavy (non-hydrogen) atoms. The summed E-state index contributed by atoms with van der Waals surface area (Å²) in [5, 5.41) is 4.12. The summed E-state index contributed by atoms with van der Waals surface area (Å²) >= 11 is 7.51. The van der Waals surface area contributed by atoms with E-state index in [9.17, 15) is 4.79 Å². The first-order chi connectivity index (χ1) is 14.2. The van der Waals surface area contributed by atoms with Crippen LogP contribution in [-0.2, 0) is 4.79 Å². The van der Waals surface area contributed by atoms with Crippen molar-refractivity contribution < 1.29 is 4.79 Å². The van der Waals surface area contributed by atoms with Gasteiger partial charge in [-0.25, -0.2) is 4.98 Å². The number of thioether (sulfide) groups is 1. The van der Waals surface area contributed by atoms with Crippen LogP contribution in [0, 0.1) is 0 Å². The summed E-state index contributed by atoms with van der Waals surface area (Å²) < 4.78 is 2.01. The molecule has 0 spiro atoms. The zero-order valence-electron chi connectivity index (χ0n) is 15.5. The second kappa shape index (κ2) is 8.99. The quantitative estimate of drug-likeness (QED) is 0.394. The molecule has 6 heteroatoms. The lowest BCUT2D eigenvalue weighted by Gasteiger charge is -2.08. The maximum atomic E-state index is 12.4. The fourth-order valence-electron chi connectivity index (χ4n) is 2.87. The van der Waals surface area contributed by atoms with Crippen molar-refractivity contribution in [2.24, 2.45) is 0 Å². The molecule has 144 valence electrons. The summed E-state index contributed by atoms with van der Waals surface area (Å²) in [5.41, 5.74) is 3.50. The summed E-state index contributed by atoms with van der Waals surface area (Å²) in [6.07, 6.45) is 2.00. The number of benzene rings is 3.